The Morgan fingerprint density at radius 2 is 1.94 bits per heavy atom. The number of amides is 1. The minimum absolute atomic E-state index is 0.0692. The Hall–Kier alpha value is -0.690. The van der Waals surface area contributed by atoms with Gasteiger partial charge in [-0.3, -0.25) is 4.79 Å². The van der Waals surface area contributed by atoms with Crippen LogP contribution >= 0.6 is 0 Å². The third-order valence-corrected chi connectivity index (χ3v) is 2.43. The molecule has 0 fully saturated rings. The third kappa shape index (κ3) is 7.27. The molecule has 0 saturated carbocycles. The number of aliphatic hydroxyl groups is 1. The van der Waals surface area contributed by atoms with Gasteiger partial charge in [0.25, 0.3) is 0 Å². The van der Waals surface area contributed by atoms with Gasteiger partial charge in [0.1, 0.15) is 0 Å². The van der Waals surface area contributed by atoms with Crippen LogP contribution in [0.5, 0.6) is 0 Å². The third-order valence-electron chi connectivity index (χ3n) is 2.43. The molecule has 0 aliphatic heterocycles. The highest BCUT2D eigenvalue weighted by molar-refractivity contribution is 5.81. The van der Waals surface area contributed by atoms with Crippen molar-refractivity contribution < 1.29 is 19.4 Å². The van der Waals surface area contributed by atoms with Gasteiger partial charge in [-0.15, -0.1) is 0 Å². The van der Waals surface area contributed by atoms with E-state index >= 15 is 0 Å². The molecule has 0 rings (SSSR count). The Labute approximate surface area is 103 Å². The second-order valence-electron chi connectivity index (χ2n) is 3.78. The van der Waals surface area contributed by atoms with Crippen molar-refractivity contribution in [3.63, 3.8) is 0 Å². The Morgan fingerprint density at radius 1 is 1.29 bits per heavy atom. The van der Waals surface area contributed by atoms with Crippen LogP contribution in [0.15, 0.2) is 0 Å². The number of ether oxygens (including phenoxy) is 2. The van der Waals surface area contributed by atoms with Crippen LogP contribution in [0.2, 0.25) is 0 Å². The molecule has 6 heteroatoms. The first-order chi connectivity index (χ1) is 8.17. The zero-order valence-corrected chi connectivity index (χ0v) is 10.7. The van der Waals surface area contributed by atoms with E-state index in [1.54, 1.807) is 14.2 Å². The fourth-order valence-corrected chi connectivity index (χ4v) is 1.46. The zero-order valence-electron chi connectivity index (χ0n) is 10.7. The van der Waals surface area contributed by atoms with Crippen LogP contribution in [-0.4, -0.2) is 69.1 Å². The molecule has 0 radical (unpaired) electrons. The second kappa shape index (κ2) is 10.5. The van der Waals surface area contributed by atoms with E-state index in [9.17, 15) is 4.79 Å². The van der Waals surface area contributed by atoms with Crippen LogP contribution in [0.1, 0.15) is 12.8 Å². The van der Waals surface area contributed by atoms with Gasteiger partial charge in [0.2, 0.25) is 5.91 Å². The van der Waals surface area contributed by atoms with Crippen molar-refractivity contribution in [3.05, 3.63) is 0 Å². The summed E-state index contributed by atoms with van der Waals surface area (Å²) >= 11 is 0. The molecule has 6 nitrogen and oxygen atoms in total. The fraction of sp³-hybridized carbons (Fsp3) is 0.909. The second-order valence-corrected chi connectivity index (χ2v) is 3.78. The highest BCUT2D eigenvalue weighted by atomic mass is 16.5. The Balaban J connectivity index is 4.08. The zero-order chi connectivity index (χ0) is 13.1. The smallest absolute Gasteiger partial charge is 0.239 e. The first-order valence-electron chi connectivity index (χ1n) is 5.80. The topological polar surface area (TPSA) is 85.0 Å². The van der Waals surface area contributed by atoms with Crippen molar-refractivity contribution in [1.82, 2.24) is 4.90 Å². The average molecular weight is 248 g/mol. The van der Waals surface area contributed by atoms with Crippen LogP contribution in [0.4, 0.5) is 0 Å². The van der Waals surface area contributed by atoms with Crippen molar-refractivity contribution in [1.29, 1.82) is 0 Å². The lowest BCUT2D eigenvalue weighted by Gasteiger charge is -2.24. The number of hydrogen-bond donors (Lipinski definition) is 2. The molecular weight excluding hydrogens is 224 g/mol. The molecule has 1 unspecified atom stereocenters. The fourth-order valence-electron chi connectivity index (χ4n) is 1.46. The standard InChI is InChI=1S/C11H24N2O4/c1-16-8-3-4-10(12)11(15)13(5-7-14)6-9-17-2/h10,14H,3-9,12H2,1-2H3. The van der Waals surface area contributed by atoms with Gasteiger partial charge >= 0.3 is 0 Å². The molecule has 0 aromatic rings. The predicted octanol–water partition coefficient (Wildman–Crippen LogP) is -0.792. The molecule has 0 aromatic carbocycles. The molecule has 0 spiro atoms. The summed E-state index contributed by atoms with van der Waals surface area (Å²) in [5, 5.41) is 8.89. The number of rotatable bonds is 10. The number of carbonyl (C=O) groups excluding carboxylic acids is 1. The van der Waals surface area contributed by atoms with Gasteiger partial charge in [-0.2, -0.15) is 0 Å². The summed E-state index contributed by atoms with van der Waals surface area (Å²) in [6, 6.07) is -0.534. The van der Waals surface area contributed by atoms with Gasteiger partial charge in [-0.05, 0) is 12.8 Å². The molecular formula is C11H24N2O4. The first kappa shape index (κ1) is 16.3. The van der Waals surface area contributed by atoms with Gasteiger partial charge in [-0.1, -0.05) is 0 Å². The molecule has 1 amide bonds. The average Bonchev–Trinajstić information content (AvgIpc) is 2.33. The van der Waals surface area contributed by atoms with E-state index in [0.29, 0.717) is 32.7 Å². The molecule has 17 heavy (non-hydrogen) atoms. The largest absolute Gasteiger partial charge is 0.395 e. The van der Waals surface area contributed by atoms with Gasteiger partial charge in [0, 0.05) is 33.9 Å². The molecule has 0 bridgehead atoms. The van der Waals surface area contributed by atoms with E-state index in [2.05, 4.69) is 0 Å². The Bertz CT molecular complexity index is 202. The van der Waals surface area contributed by atoms with E-state index in [1.807, 2.05) is 0 Å². The molecule has 102 valence electrons. The highest BCUT2D eigenvalue weighted by Crippen LogP contribution is 2.01. The van der Waals surface area contributed by atoms with Crippen LogP contribution < -0.4 is 5.73 Å². The molecule has 0 aliphatic rings. The normalized spacial score (nSPS) is 12.5. The van der Waals surface area contributed by atoms with Gasteiger partial charge in [-0.25, -0.2) is 0 Å². The summed E-state index contributed by atoms with van der Waals surface area (Å²) in [5.74, 6) is -0.146. The van der Waals surface area contributed by atoms with E-state index in [4.69, 9.17) is 20.3 Å². The quantitative estimate of drug-likeness (QED) is 0.495. The van der Waals surface area contributed by atoms with Crippen molar-refractivity contribution in [2.24, 2.45) is 5.73 Å². The maximum Gasteiger partial charge on any atom is 0.239 e. The number of carbonyl (C=O) groups is 1. The Morgan fingerprint density at radius 3 is 2.47 bits per heavy atom. The SMILES string of the molecule is COCCCC(N)C(=O)N(CCO)CCOC. The number of methoxy groups -OCH3 is 2. The number of hydrogen-bond acceptors (Lipinski definition) is 5. The maximum absolute atomic E-state index is 11.9. The summed E-state index contributed by atoms with van der Waals surface area (Å²) in [4.78, 5) is 13.5. The van der Waals surface area contributed by atoms with Crippen molar-refractivity contribution in [2.75, 3.05) is 47.1 Å². The van der Waals surface area contributed by atoms with Crippen molar-refractivity contribution >= 4 is 5.91 Å². The first-order valence-corrected chi connectivity index (χ1v) is 5.80. The minimum atomic E-state index is -0.534. The number of nitrogens with zero attached hydrogens (tertiary/aromatic N) is 1. The van der Waals surface area contributed by atoms with E-state index in [1.165, 1.54) is 4.90 Å². The van der Waals surface area contributed by atoms with Gasteiger partial charge in [0.05, 0.1) is 19.3 Å². The van der Waals surface area contributed by atoms with E-state index < -0.39 is 6.04 Å². The van der Waals surface area contributed by atoms with Gasteiger partial charge in [0.15, 0.2) is 0 Å². The molecule has 0 aliphatic carbocycles. The molecule has 0 heterocycles. The lowest BCUT2D eigenvalue weighted by molar-refractivity contribution is -0.134. The Kier molecular flexibility index (Phi) is 10.0. The molecule has 0 aromatic heterocycles. The molecule has 0 saturated heterocycles. The lowest BCUT2D eigenvalue weighted by Crippen LogP contribution is -2.46. The maximum atomic E-state index is 11.9. The summed E-state index contributed by atoms with van der Waals surface area (Å²) in [7, 11) is 3.18. The number of nitrogens with two attached hydrogens (primary N) is 1. The highest BCUT2D eigenvalue weighted by Gasteiger charge is 2.19. The monoisotopic (exact) mass is 248 g/mol. The summed E-state index contributed by atoms with van der Waals surface area (Å²) in [6.07, 6.45) is 1.34. The van der Waals surface area contributed by atoms with Crippen molar-refractivity contribution in [3.8, 4) is 0 Å². The van der Waals surface area contributed by atoms with Crippen LogP contribution in [0.3, 0.4) is 0 Å². The summed E-state index contributed by atoms with van der Waals surface area (Å²) < 4.78 is 9.82. The summed E-state index contributed by atoms with van der Waals surface area (Å²) in [6.45, 7) is 1.71. The van der Waals surface area contributed by atoms with E-state index in [0.717, 1.165) is 6.42 Å². The van der Waals surface area contributed by atoms with Crippen LogP contribution in [0, 0.1) is 0 Å². The predicted molar refractivity (Wildman–Crippen MR) is 64.6 cm³/mol. The molecule has 1 atom stereocenters. The number of aliphatic hydroxyl groups excluding tert-OH is 1. The van der Waals surface area contributed by atoms with Crippen LogP contribution in [-0.2, 0) is 14.3 Å². The molecule has 3 N–H and O–H groups in total. The lowest BCUT2D eigenvalue weighted by atomic mass is 10.1. The minimum Gasteiger partial charge on any atom is -0.395 e. The van der Waals surface area contributed by atoms with Gasteiger partial charge < -0.3 is 25.2 Å². The van der Waals surface area contributed by atoms with Crippen molar-refractivity contribution in [2.45, 2.75) is 18.9 Å². The van der Waals surface area contributed by atoms with Crippen LogP contribution in [0.25, 0.3) is 0 Å². The summed E-state index contributed by atoms with van der Waals surface area (Å²) in [5.41, 5.74) is 5.79. The van der Waals surface area contributed by atoms with E-state index in [-0.39, 0.29) is 12.5 Å².